The smallest absolute Gasteiger partial charge is 0.0730 e. The van der Waals surface area contributed by atoms with Crippen LogP contribution in [0, 0.1) is 0 Å². The zero-order chi connectivity index (χ0) is 10.1. The molecular formula is C11H15N3. The lowest BCUT2D eigenvalue weighted by atomic mass is 10.1. The van der Waals surface area contributed by atoms with Gasteiger partial charge in [0.25, 0.3) is 0 Å². The van der Waals surface area contributed by atoms with Crippen LogP contribution in [0.4, 0.5) is 0 Å². The molecule has 0 spiro atoms. The van der Waals surface area contributed by atoms with Gasteiger partial charge in [0.2, 0.25) is 0 Å². The van der Waals surface area contributed by atoms with Gasteiger partial charge in [0.15, 0.2) is 0 Å². The lowest BCUT2D eigenvalue weighted by Gasteiger charge is -2.09. The SMILES string of the molecule is CC(C)n1ncc2cccc(CN)c21. The molecule has 2 aromatic rings. The highest BCUT2D eigenvalue weighted by Gasteiger charge is 2.08. The third-order valence-electron chi connectivity index (χ3n) is 2.41. The van der Waals surface area contributed by atoms with Crippen LogP contribution in [0.2, 0.25) is 0 Å². The van der Waals surface area contributed by atoms with Crippen molar-refractivity contribution in [3.8, 4) is 0 Å². The van der Waals surface area contributed by atoms with Gasteiger partial charge in [-0.1, -0.05) is 18.2 Å². The molecule has 0 unspecified atom stereocenters. The van der Waals surface area contributed by atoms with Crippen LogP contribution in [-0.4, -0.2) is 9.78 Å². The summed E-state index contributed by atoms with van der Waals surface area (Å²) >= 11 is 0. The monoisotopic (exact) mass is 189 g/mol. The van der Waals surface area contributed by atoms with Crippen molar-refractivity contribution in [1.82, 2.24) is 9.78 Å². The minimum Gasteiger partial charge on any atom is -0.326 e. The van der Waals surface area contributed by atoms with Gasteiger partial charge in [-0.25, -0.2) is 0 Å². The van der Waals surface area contributed by atoms with Gasteiger partial charge >= 0.3 is 0 Å². The van der Waals surface area contributed by atoms with E-state index in [1.807, 2.05) is 16.9 Å². The summed E-state index contributed by atoms with van der Waals surface area (Å²) in [6.07, 6.45) is 1.90. The van der Waals surface area contributed by atoms with Crippen LogP contribution in [0.5, 0.6) is 0 Å². The first-order valence-corrected chi connectivity index (χ1v) is 4.89. The highest BCUT2D eigenvalue weighted by atomic mass is 15.3. The number of benzene rings is 1. The van der Waals surface area contributed by atoms with E-state index >= 15 is 0 Å². The zero-order valence-corrected chi connectivity index (χ0v) is 8.57. The summed E-state index contributed by atoms with van der Waals surface area (Å²) < 4.78 is 2.03. The van der Waals surface area contributed by atoms with Crippen LogP contribution < -0.4 is 5.73 Å². The van der Waals surface area contributed by atoms with E-state index < -0.39 is 0 Å². The Hall–Kier alpha value is -1.35. The molecule has 0 fully saturated rings. The summed E-state index contributed by atoms with van der Waals surface area (Å²) in [6, 6.07) is 6.53. The predicted octanol–water partition coefficient (Wildman–Crippen LogP) is 2.08. The minimum absolute atomic E-state index is 0.375. The summed E-state index contributed by atoms with van der Waals surface area (Å²) in [6.45, 7) is 4.81. The van der Waals surface area contributed by atoms with Crippen molar-refractivity contribution in [2.45, 2.75) is 26.4 Å². The Labute approximate surface area is 83.5 Å². The van der Waals surface area contributed by atoms with Gasteiger partial charge in [-0.05, 0) is 19.4 Å². The van der Waals surface area contributed by atoms with Crippen LogP contribution in [0.1, 0.15) is 25.5 Å². The average Bonchev–Trinajstić information content (AvgIpc) is 2.60. The third kappa shape index (κ3) is 1.30. The Morgan fingerprint density at radius 3 is 2.86 bits per heavy atom. The Kier molecular flexibility index (Phi) is 2.25. The summed E-state index contributed by atoms with van der Waals surface area (Å²) in [5, 5.41) is 5.53. The Morgan fingerprint density at radius 1 is 1.43 bits per heavy atom. The fourth-order valence-electron chi connectivity index (χ4n) is 1.73. The van der Waals surface area contributed by atoms with Gasteiger partial charge in [-0.3, -0.25) is 4.68 Å². The topological polar surface area (TPSA) is 43.8 Å². The second-order valence-corrected chi connectivity index (χ2v) is 3.74. The molecule has 0 aliphatic rings. The molecular weight excluding hydrogens is 174 g/mol. The minimum atomic E-state index is 0.375. The molecule has 0 aliphatic carbocycles. The molecule has 0 atom stereocenters. The molecule has 2 N–H and O–H groups in total. The summed E-state index contributed by atoms with van der Waals surface area (Å²) in [4.78, 5) is 0. The molecule has 2 rings (SSSR count). The molecule has 1 aromatic carbocycles. The Balaban J connectivity index is 2.74. The molecule has 14 heavy (non-hydrogen) atoms. The number of nitrogens with zero attached hydrogens (tertiary/aromatic N) is 2. The number of para-hydroxylation sites is 1. The highest BCUT2D eigenvalue weighted by molar-refractivity contribution is 5.82. The summed E-state index contributed by atoms with van der Waals surface area (Å²) in [7, 11) is 0. The fourth-order valence-corrected chi connectivity index (χ4v) is 1.73. The van der Waals surface area contributed by atoms with Gasteiger partial charge in [0, 0.05) is 18.0 Å². The van der Waals surface area contributed by atoms with Gasteiger partial charge < -0.3 is 5.73 Å². The van der Waals surface area contributed by atoms with Gasteiger partial charge in [-0.15, -0.1) is 0 Å². The number of rotatable bonds is 2. The van der Waals surface area contributed by atoms with E-state index in [0.29, 0.717) is 12.6 Å². The molecule has 0 aliphatic heterocycles. The van der Waals surface area contributed by atoms with Gasteiger partial charge in [0.1, 0.15) is 0 Å². The molecule has 1 aromatic heterocycles. The van der Waals surface area contributed by atoms with Crippen LogP contribution in [0.25, 0.3) is 10.9 Å². The summed E-state index contributed by atoms with van der Waals surface area (Å²) in [5.41, 5.74) is 8.04. The number of hydrogen-bond acceptors (Lipinski definition) is 2. The average molecular weight is 189 g/mol. The van der Waals surface area contributed by atoms with E-state index in [4.69, 9.17) is 5.73 Å². The molecule has 1 heterocycles. The van der Waals surface area contributed by atoms with Gasteiger partial charge in [0.05, 0.1) is 11.7 Å². The fraction of sp³-hybridized carbons (Fsp3) is 0.364. The molecule has 0 bridgehead atoms. The highest BCUT2D eigenvalue weighted by Crippen LogP contribution is 2.21. The van der Waals surface area contributed by atoms with Crippen molar-refractivity contribution >= 4 is 10.9 Å². The predicted molar refractivity (Wildman–Crippen MR) is 58.0 cm³/mol. The van der Waals surface area contributed by atoms with E-state index in [-0.39, 0.29) is 0 Å². The quantitative estimate of drug-likeness (QED) is 0.786. The van der Waals surface area contributed by atoms with Crippen molar-refractivity contribution < 1.29 is 0 Å². The first kappa shape index (κ1) is 9.21. The van der Waals surface area contributed by atoms with Crippen LogP contribution in [0.3, 0.4) is 0 Å². The molecule has 3 heteroatoms. The first-order chi connectivity index (χ1) is 6.74. The van der Waals surface area contributed by atoms with Crippen molar-refractivity contribution in [3.05, 3.63) is 30.0 Å². The van der Waals surface area contributed by atoms with Crippen LogP contribution >= 0.6 is 0 Å². The van der Waals surface area contributed by atoms with E-state index in [0.717, 1.165) is 5.56 Å². The Bertz CT molecular complexity index is 443. The number of hydrogen-bond donors (Lipinski definition) is 1. The summed E-state index contributed by atoms with van der Waals surface area (Å²) in [5.74, 6) is 0. The lowest BCUT2D eigenvalue weighted by Crippen LogP contribution is -2.06. The number of aromatic nitrogens is 2. The normalized spacial score (nSPS) is 11.4. The van der Waals surface area contributed by atoms with Crippen molar-refractivity contribution in [1.29, 1.82) is 0 Å². The number of nitrogens with two attached hydrogens (primary N) is 1. The first-order valence-electron chi connectivity index (χ1n) is 4.89. The molecule has 74 valence electrons. The van der Waals surface area contributed by atoms with E-state index in [9.17, 15) is 0 Å². The van der Waals surface area contributed by atoms with E-state index in [2.05, 4.69) is 31.1 Å². The zero-order valence-electron chi connectivity index (χ0n) is 8.57. The third-order valence-corrected chi connectivity index (χ3v) is 2.41. The van der Waals surface area contributed by atoms with Crippen LogP contribution in [-0.2, 0) is 6.54 Å². The number of fused-ring (bicyclic) bond motifs is 1. The maximum atomic E-state index is 5.70. The van der Waals surface area contributed by atoms with Crippen molar-refractivity contribution in [2.75, 3.05) is 0 Å². The standard InChI is InChI=1S/C11H15N3/c1-8(2)14-11-9(6-12)4-3-5-10(11)7-13-14/h3-5,7-8H,6,12H2,1-2H3. The largest absolute Gasteiger partial charge is 0.326 e. The van der Waals surface area contributed by atoms with Crippen molar-refractivity contribution in [3.63, 3.8) is 0 Å². The maximum absolute atomic E-state index is 5.70. The van der Waals surface area contributed by atoms with E-state index in [1.165, 1.54) is 10.9 Å². The van der Waals surface area contributed by atoms with E-state index in [1.54, 1.807) is 0 Å². The second kappa shape index (κ2) is 3.42. The lowest BCUT2D eigenvalue weighted by molar-refractivity contribution is 0.549. The van der Waals surface area contributed by atoms with Crippen molar-refractivity contribution in [2.24, 2.45) is 5.73 Å². The molecule has 0 amide bonds. The Morgan fingerprint density at radius 2 is 2.21 bits per heavy atom. The second-order valence-electron chi connectivity index (χ2n) is 3.74. The van der Waals surface area contributed by atoms with Gasteiger partial charge in [-0.2, -0.15) is 5.10 Å². The molecule has 0 saturated carbocycles. The maximum Gasteiger partial charge on any atom is 0.0730 e. The molecule has 0 radical (unpaired) electrons. The van der Waals surface area contributed by atoms with Crippen LogP contribution in [0.15, 0.2) is 24.4 Å². The molecule has 0 saturated heterocycles. The molecule has 3 nitrogen and oxygen atoms in total.